The Morgan fingerprint density at radius 2 is 2.24 bits per heavy atom. The molecule has 0 amide bonds. The molecule has 0 aliphatic heterocycles. The van der Waals surface area contributed by atoms with Crippen molar-refractivity contribution >= 4 is 17.3 Å². The standard InChI is InChI=1S/C13H21NO2S/c1-10(2)5-3-4-6-14-8-12-7-11(9-17-12)13(15)16/h7,9-10,14H,3-6,8H2,1-2H3,(H,15,16). The predicted molar refractivity (Wildman–Crippen MR) is 71.7 cm³/mol. The molecule has 3 nitrogen and oxygen atoms in total. The summed E-state index contributed by atoms with van der Waals surface area (Å²) in [5.41, 5.74) is 0.395. The summed E-state index contributed by atoms with van der Waals surface area (Å²) in [7, 11) is 0. The van der Waals surface area contributed by atoms with E-state index in [0.29, 0.717) is 5.56 Å². The summed E-state index contributed by atoms with van der Waals surface area (Å²) in [6.45, 7) is 6.27. The molecule has 0 atom stereocenters. The molecule has 0 aliphatic carbocycles. The van der Waals surface area contributed by atoms with Gasteiger partial charge in [0, 0.05) is 16.8 Å². The molecule has 0 aliphatic rings. The fourth-order valence-corrected chi connectivity index (χ4v) is 2.43. The van der Waals surface area contributed by atoms with Crippen LogP contribution in [0.1, 0.15) is 48.3 Å². The van der Waals surface area contributed by atoms with E-state index in [1.54, 1.807) is 11.4 Å². The van der Waals surface area contributed by atoms with E-state index in [4.69, 9.17) is 5.11 Å². The van der Waals surface area contributed by atoms with Crippen LogP contribution in [0, 0.1) is 5.92 Å². The van der Waals surface area contributed by atoms with Crippen molar-refractivity contribution < 1.29 is 9.90 Å². The number of nitrogens with one attached hydrogen (secondary N) is 1. The Morgan fingerprint density at radius 3 is 2.82 bits per heavy atom. The van der Waals surface area contributed by atoms with Crippen molar-refractivity contribution in [2.45, 2.75) is 39.7 Å². The molecular weight excluding hydrogens is 234 g/mol. The molecular formula is C13H21NO2S. The second-order valence-electron chi connectivity index (χ2n) is 4.67. The number of hydrogen-bond donors (Lipinski definition) is 2. The lowest BCUT2D eigenvalue weighted by molar-refractivity contribution is 0.0697. The Hall–Kier alpha value is -0.870. The van der Waals surface area contributed by atoms with E-state index in [1.807, 2.05) is 0 Å². The molecule has 0 saturated heterocycles. The van der Waals surface area contributed by atoms with Gasteiger partial charge in [0.15, 0.2) is 0 Å². The number of hydrogen-bond acceptors (Lipinski definition) is 3. The van der Waals surface area contributed by atoms with Gasteiger partial charge in [0.25, 0.3) is 0 Å². The summed E-state index contributed by atoms with van der Waals surface area (Å²) >= 11 is 1.50. The quantitative estimate of drug-likeness (QED) is 0.700. The lowest BCUT2D eigenvalue weighted by atomic mass is 10.1. The summed E-state index contributed by atoms with van der Waals surface area (Å²) in [5, 5.41) is 13.8. The Balaban J connectivity index is 2.11. The number of thiophene rings is 1. The molecule has 0 unspecified atom stereocenters. The van der Waals surface area contributed by atoms with E-state index in [9.17, 15) is 4.79 Å². The van der Waals surface area contributed by atoms with Crippen molar-refractivity contribution in [3.63, 3.8) is 0 Å². The van der Waals surface area contributed by atoms with Crippen LogP contribution < -0.4 is 5.32 Å². The van der Waals surface area contributed by atoms with E-state index in [1.165, 1.54) is 30.6 Å². The Labute approximate surface area is 107 Å². The van der Waals surface area contributed by atoms with Gasteiger partial charge in [-0.3, -0.25) is 0 Å². The van der Waals surface area contributed by atoms with Crippen molar-refractivity contribution in [3.8, 4) is 0 Å². The molecule has 0 radical (unpaired) electrons. The number of rotatable bonds is 8. The minimum absolute atomic E-state index is 0.395. The SMILES string of the molecule is CC(C)CCCCNCc1cc(C(=O)O)cs1. The fraction of sp³-hybridized carbons (Fsp3) is 0.615. The minimum Gasteiger partial charge on any atom is -0.478 e. The lowest BCUT2D eigenvalue weighted by Crippen LogP contribution is -2.14. The maximum atomic E-state index is 10.7. The van der Waals surface area contributed by atoms with Gasteiger partial charge in [-0.15, -0.1) is 11.3 Å². The van der Waals surface area contributed by atoms with E-state index in [0.717, 1.165) is 23.9 Å². The van der Waals surface area contributed by atoms with Crippen LogP contribution in [0.25, 0.3) is 0 Å². The van der Waals surface area contributed by atoms with Gasteiger partial charge in [0.2, 0.25) is 0 Å². The summed E-state index contributed by atoms with van der Waals surface area (Å²) in [5.74, 6) is -0.0603. The van der Waals surface area contributed by atoms with Crippen LogP contribution >= 0.6 is 11.3 Å². The maximum absolute atomic E-state index is 10.7. The highest BCUT2D eigenvalue weighted by atomic mass is 32.1. The number of carboxylic acid groups (broad SMARTS) is 1. The van der Waals surface area contributed by atoms with E-state index in [2.05, 4.69) is 19.2 Å². The topological polar surface area (TPSA) is 49.3 Å². The van der Waals surface area contributed by atoms with Crippen LogP contribution in [0.15, 0.2) is 11.4 Å². The lowest BCUT2D eigenvalue weighted by Gasteiger charge is -2.05. The number of carboxylic acids is 1. The summed E-state index contributed by atoms with van der Waals surface area (Å²) in [4.78, 5) is 11.8. The normalized spacial score (nSPS) is 11.0. The summed E-state index contributed by atoms with van der Waals surface area (Å²) in [6, 6.07) is 1.74. The zero-order chi connectivity index (χ0) is 12.7. The van der Waals surface area contributed by atoms with Crippen LogP contribution in [0.2, 0.25) is 0 Å². The van der Waals surface area contributed by atoms with Crippen molar-refractivity contribution in [1.29, 1.82) is 0 Å². The molecule has 0 aromatic carbocycles. The van der Waals surface area contributed by atoms with Gasteiger partial charge in [0.1, 0.15) is 0 Å². The molecule has 0 spiro atoms. The highest BCUT2D eigenvalue weighted by Gasteiger charge is 2.05. The second kappa shape index (κ2) is 7.45. The van der Waals surface area contributed by atoms with Gasteiger partial charge >= 0.3 is 5.97 Å². The molecule has 4 heteroatoms. The van der Waals surface area contributed by atoms with Crippen molar-refractivity contribution in [1.82, 2.24) is 5.32 Å². The smallest absolute Gasteiger partial charge is 0.336 e. The number of unbranched alkanes of at least 4 members (excludes halogenated alkanes) is 1. The third-order valence-electron chi connectivity index (χ3n) is 2.58. The van der Waals surface area contributed by atoms with Crippen molar-refractivity contribution in [2.75, 3.05) is 6.54 Å². The first kappa shape index (κ1) is 14.2. The third kappa shape index (κ3) is 5.84. The first-order valence-corrected chi connectivity index (χ1v) is 6.99. The Bertz CT molecular complexity index is 347. The van der Waals surface area contributed by atoms with Crippen LogP contribution in [0.3, 0.4) is 0 Å². The molecule has 1 rings (SSSR count). The van der Waals surface area contributed by atoms with Gasteiger partial charge in [-0.1, -0.05) is 26.7 Å². The van der Waals surface area contributed by atoms with E-state index < -0.39 is 5.97 Å². The molecule has 2 N–H and O–H groups in total. The first-order chi connectivity index (χ1) is 8.09. The molecule has 96 valence electrons. The minimum atomic E-state index is -0.843. The monoisotopic (exact) mass is 255 g/mol. The van der Waals surface area contributed by atoms with Crippen molar-refractivity contribution in [2.24, 2.45) is 5.92 Å². The summed E-state index contributed by atoms with van der Waals surface area (Å²) < 4.78 is 0. The van der Waals surface area contributed by atoms with E-state index in [-0.39, 0.29) is 0 Å². The molecule has 1 aromatic heterocycles. The van der Waals surface area contributed by atoms with Gasteiger partial charge in [0.05, 0.1) is 5.56 Å². The van der Waals surface area contributed by atoms with Gasteiger partial charge in [-0.25, -0.2) is 4.79 Å². The van der Waals surface area contributed by atoms with Crippen molar-refractivity contribution in [3.05, 3.63) is 21.9 Å². The average Bonchev–Trinajstić information content (AvgIpc) is 2.71. The Kier molecular flexibility index (Phi) is 6.22. The highest BCUT2D eigenvalue weighted by molar-refractivity contribution is 7.10. The van der Waals surface area contributed by atoms with E-state index >= 15 is 0 Å². The van der Waals surface area contributed by atoms with Crippen LogP contribution in [0.5, 0.6) is 0 Å². The second-order valence-corrected chi connectivity index (χ2v) is 5.67. The zero-order valence-corrected chi connectivity index (χ0v) is 11.3. The maximum Gasteiger partial charge on any atom is 0.336 e. The highest BCUT2D eigenvalue weighted by Crippen LogP contribution is 2.14. The fourth-order valence-electron chi connectivity index (χ4n) is 1.60. The molecule has 0 fully saturated rings. The number of aromatic carboxylic acids is 1. The van der Waals surface area contributed by atoms with Crippen LogP contribution in [-0.4, -0.2) is 17.6 Å². The third-order valence-corrected chi connectivity index (χ3v) is 3.52. The average molecular weight is 255 g/mol. The summed E-state index contributed by atoms with van der Waals surface area (Å²) in [6.07, 6.45) is 3.73. The zero-order valence-electron chi connectivity index (χ0n) is 10.5. The molecule has 0 bridgehead atoms. The van der Waals surface area contributed by atoms with Gasteiger partial charge in [-0.05, 0) is 24.9 Å². The van der Waals surface area contributed by atoms with Gasteiger partial charge in [-0.2, -0.15) is 0 Å². The van der Waals surface area contributed by atoms with Crippen LogP contribution in [-0.2, 0) is 6.54 Å². The van der Waals surface area contributed by atoms with Crippen LogP contribution in [0.4, 0.5) is 0 Å². The van der Waals surface area contributed by atoms with Gasteiger partial charge < -0.3 is 10.4 Å². The predicted octanol–water partition coefficient (Wildman–Crippen LogP) is 3.36. The first-order valence-electron chi connectivity index (χ1n) is 6.11. The number of carbonyl (C=O) groups is 1. The molecule has 1 aromatic rings. The molecule has 1 heterocycles. The molecule has 0 saturated carbocycles. The molecule has 17 heavy (non-hydrogen) atoms. The largest absolute Gasteiger partial charge is 0.478 e. The Morgan fingerprint density at radius 1 is 1.47 bits per heavy atom.